The van der Waals surface area contributed by atoms with Gasteiger partial charge in [-0.05, 0) is 36.4 Å². The van der Waals surface area contributed by atoms with Crippen LogP contribution in [0.1, 0.15) is 19.8 Å². The highest BCUT2D eigenvalue weighted by Gasteiger charge is 2.23. The number of anilines is 2. The van der Waals surface area contributed by atoms with E-state index in [4.69, 9.17) is 11.6 Å². The Labute approximate surface area is 177 Å². The lowest BCUT2D eigenvalue weighted by atomic mass is 10.3. The molecule has 0 saturated carbocycles. The van der Waals surface area contributed by atoms with E-state index >= 15 is 0 Å². The van der Waals surface area contributed by atoms with E-state index in [0.29, 0.717) is 12.1 Å². The zero-order valence-corrected chi connectivity index (χ0v) is 17.8. The highest BCUT2D eigenvalue weighted by atomic mass is 35.5. The molecule has 2 amide bonds. The monoisotopic (exact) mass is 456 g/mol. The first-order valence-electron chi connectivity index (χ1n) is 8.72. The minimum absolute atomic E-state index is 0.0226. The Balaban J connectivity index is 1.69. The molecular formula is C19H18ClFN2O4S2. The first-order valence-corrected chi connectivity index (χ1v) is 11.6. The van der Waals surface area contributed by atoms with Gasteiger partial charge in [0.1, 0.15) is 5.82 Å². The van der Waals surface area contributed by atoms with Crippen LogP contribution in [-0.4, -0.2) is 31.2 Å². The van der Waals surface area contributed by atoms with Gasteiger partial charge in [0.25, 0.3) is 0 Å². The van der Waals surface area contributed by atoms with Crippen LogP contribution in [0.4, 0.5) is 15.8 Å². The topological polar surface area (TPSA) is 92.3 Å². The average Bonchev–Trinajstić information content (AvgIpc) is 2.78. The molecule has 0 spiro atoms. The van der Waals surface area contributed by atoms with Crippen molar-refractivity contribution in [3.63, 3.8) is 0 Å². The Morgan fingerprint density at radius 1 is 1.31 bits per heavy atom. The van der Waals surface area contributed by atoms with Gasteiger partial charge in [-0.25, -0.2) is 12.8 Å². The van der Waals surface area contributed by atoms with Crippen molar-refractivity contribution in [3.05, 3.63) is 47.2 Å². The summed E-state index contributed by atoms with van der Waals surface area (Å²) in [4.78, 5) is 24.8. The molecule has 0 aromatic heterocycles. The summed E-state index contributed by atoms with van der Waals surface area (Å²) in [7, 11) is -3.76. The van der Waals surface area contributed by atoms with E-state index in [-0.39, 0.29) is 33.2 Å². The second-order valence-corrected chi connectivity index (χ2v) is 10.6. The predicted octanol–water partition coefficient (Wildman–Crippen LogP) is 4.10. The zero-order chi connectivity index (χ0) is 21.2. The van der Waals surface area contributed by atoms with Crippen molar-refractivity contribution in [1.29, 1.82) is 0 Å². The molecule has 10 heteroatoms. The Morgan fingerprint density at radius 3 is 2.79 bits per heavy atom. The molecule has 1 aliphatic heterocycles. The number of fused-ring (bicyclic) bond motifs is 1. The summed E-state index contributed by atoms with van der Waals surface area (Å²) in [5.74, 6) is -1.70. The maximum Gasteiger partial charge on any atom is 0.225 e. The fourth-order valence-corrected chi connectivity index (χ4v) is 5.30. The summed E-state index contributed by atoms with van der Waals surface area (Å²) in [5, 5.41) is 5.30. The molecule has 2 aromatic rings. The number of benzene rings is 2. The standard InChI is InChI=1S/C19H18ClFN2O4S2/c1-11-8-19(25)23-16-10-13(3-5-17(16)28-11)29(26,27)7-6-18(24)22-15-4-2-12(21)9-14(15)20/h2-5,9-11H,6-8H2,1H3,(H,22,24)(H,23,25)/t11-/m1/s1. The van der Waals surface area contributed by atoms with Crippen LogP contribution in [0.2, 0.25) is 5.02 Å². The lowest BCUT2D eigenvalue weighted by Crippen LogP contribution is -2.18. The van der Waals surface area contributed by atoms with Crippen LogP contribution in [0, 0.1) is 5.82 Å². The molecule has 154 valence electrons. The lowest BCUT2D eigenvalue weighted by molar-refractivity contribution is -0.116. The molecule has 2 aromatic carbocycles. The van der Waals surface area contributed by atoms with Crippen molar-refractivity contribution in [1.82, 2.24) is 0 Å². The van der Waals surface area contributed by atoms with Gasteiger partial charge in [-0.2, -0.15) is 0 Å². The van der Waals surface area contributed by atoms with Crippen LogP contribution in [-0.2, 0) is 19.4 Å². The van der Waals surface area contributed by atoms with Crippen molar-refractivity contribution >= 4 is 56.4 Å². The molecule has 3 rings (SSSR count). The number of hydrogen-bond acceptors (Lipinski definition) is 5. The summed E-state index contributed by atoms with van der Waals surface area (Å²) in [6, 6.07) is 8.05. The van der Waals surface area contributed by atoms with Crippen LogP contribution < -0.4 is 10.6 Å². The molecule has 0 saturated heterocycles. The highest BCUT2D eigenvalue weighted by molar-refractivity contribution is 8.00. The molecule has 0 unspecified atom stereocenters. The minimum atomic E-state index is -3.76. The predicted molar refractivity (Wildman–Crippen MR) is 112 cm³/mol. The van der Waals surface area contributed by atoms with Crippen molar-refractivity contribution in [3.8, 4) is 0 Å². The zero-order valence-electron chi connectivity index (χ0n) is 15.4. The first-order chi connectivity index (χ1) is 13.6. The number of nitrogens with one attached hydrogen (secondary N) is 2. The molecule has 1 atom stereocenters. The first kappa shape index (κ1) is 21.6. The molecule has 0 aliphatic carbocycles. The number of rotatable bonds is 5. The summed E-state index contributed by atoms with van der Waals surface area (Å²) in [6.45, 7) is 1.93. The molecular weight excluding hydrogens is 439 g/mol. The third-order valence-electron chi connectivity index (χ3n) is 4.19. The van der Waals surface area contributed by atoms with E-state index in [1.165, 1.54) is 30.0 Å². The van der Waals surface area contributed by atoms with E-state index in [9.17, 15) is 22.4 Å². The molecule has 0 bridgehead atoms. The third-order valence-corrected chi connectivity index (χ3v) is 7.39. The van der Waals surface area contributed by atoms with Gasteiger partial charge < -0.3 is 10.6 Å². The van der Waals surface area contributed by atoms with Gasteiger partial charge in [0.05, 0.1) is 27.0 Å². The number of carbonyl (C=O) groups excluding carboxylic acids is 2. The third kappa shape index (κ3) is 5.49. The normalized spacial score (nSPS) is 16.5. The number of hydrogen-bond donors (Lipinski definition) is 2. The van der Waals surface area contributed by atoms with Crippen LogP contribution in [0.3, 0.4) is 0 Å². The average molecular weight is 457 g/mol. The van der Waals surface area contributed by atoms with Gasteiger partial charge in [0.15, 0.2) is 9.84 Å². The quantitative estimate of drug-likeness (QED) is 0.706. The van der Waals surface area contributed by atoms with E-state index < -0.39 is 27.3 Å². The second kappa shape index (κ2) is 8.73. The molecule has 2 N–H and O–H groups in total. The second-order valence-electron chi connectivity index (χ2n) is 6.58. The molecule has 29 heavy (non-hydrogen) atoms. The maximum atomic E-state index is 13.1. The van der Waals surface area contributed by atoms with Gasteiger partial charge in [-0.3, -0.25) is 9.59 Å². The van der Waals surface area contributed by atoms with Crippen LogP contribution in [0.15, 0.2) is 46.2 Å². The van der Waals surface area contributed by atoms with E-state index in [0.717, 1.165) is 17.0 Å². The van der Waals surface area contributed by atoms with Crippen LogP contribution in [0.5, 0.6) is 0 Å². The SMILES string of the molecule is C[C@@H]1CC(=O)Nc2cc(S(=O)(=O)CCC(=O)Nc3ccc(F)cc3Cl)ccc2S1. The molecule has 6 nitrogen and oxygen atoms in total. The van der Waals surface area contributed by atoms with Crippen molar-refractivity contribution in [2.75, 3.05) is 16.4 Å². The number of halogens is 2. The summed E-state index contributed by atoms with van der Waals surface area (Å²) in [6.07, 6.45) is 0.0405. The van der Waals surface area contributed by atoms with Crippen molar-refractivity contribution < 1.29 is 22.4 Å². The minimum Gasteiger partial charge on any atom is -0.325 e. The fraction of sp³-hybridized carbons (Fsp3) is 0.263. The molecule has 0 radical (unpaired) electrons. The van der Waals surface area contributed by atoms with E-state index in [2.05, 4.69) is 10.6 Å². The van der Waals surface area contributed by atoms with Crippen LogP contribution in [0.25, 0.3) is 0 Å². The molecule has 1 heterocycles. The summed E-state index contributed by atoms with van der Waals surface area (Å²) >= 11 is 7.35. The maximum absolute atomic E-state index is 13.1. The Hall–Kier alpha value is -2.10. The summed E-state index contributed by atoms with van der Waals surface area (Å²) in [5.41, 5.74) is 0.655. The number of amides is 2. The highest BCUT2D eigenvalue weighted by Crippen LogP contribution is 2.36. The van der Waals surface area contributed by atoms with E-state index in [1.807, 2.05) is 6.92 Å². The summed E-state index contributed by atoms with van der Waals surface area (Å²) < 4.78 is 38.4. The fourth-order valence-electron chi connectivity index (χ4n) is 2.77. The van der Waals surface area contributed by atoms with Gasteiger partial charge >= 0.3 is 0 Å². The number of carbonyl (C=O) groups is 2. The molecule has 0 fully saturated rings. The van der Waals surface area contributed by atoms with Gasteiger partial charge in [0.2, 0.25) is 11.8 Å². The Kier molecular flexibility index (Phi) is 6.50. The largest absolute Gasteiger partial charge is 0.325 e. The van der Waals surface area contributed by atoms with Gasteiger partial charge in [0, 0.05) is 23.0 Å². The lowest BCUT2D eigenvalue weighted by Gasteiger charge is -2.11. The van der Waals surface area contributed by atoms with E-state index in [1.54, 1.807) is 6.07 Å². The Morgan fingerprint density at radius 2 is 2.07 bits per heavy atom. The molecule has 1 aliphatic rings. The Bertz CT molecular complexity index is 1080. The number of thioether (sulfide) groups is 1. The van der Waals surface area contributed by atoms with Crippen molar-refractivity contribution in [2.45, 2.75) is 34.8 Å². The number of sulfone groups is 1. The van der Waals surface area contributed by atoms with Crippen LogP contribution >= 0.6 is 23.4 Å². The smallest absolute Gasteiger partial charge is 0.225 e. The van der Waals surface area contributed by atoms with Gasteiger partial charge in [-0.15, -0.1) is 11.8 Å². The van der Waals surface area contributed by atoms with Gasteiger partial charge in [-0.1, -0.05) is 18.5 Å². The van der Waals surface area contributed by atoms with Crippen molar-refractivity contribution in [2.24, 2.45) is 0 Å².